The van der Waals surface area contributed by atoms with E-state index in [1.807, 2.05) is 18.7 Å². The van der Waals surface area contributed by atoms with Crippen LogP contribution in [0.3, 0.4) is 0 Å². The van der Waals surface area contributed by atoms with Gasteiger partial charge in [-0.1, -0.05) is 13.8 Å². The van der Waals surface area contributed by atoms with Crippen molar-refractivity contribution in [1.29, 1.82) is 0 Å². The summed E-state index contributed by atoms with van der Waals surface area (Å²) in [6, 6.07) is 0.405. The van der Waals surface area contributed by atoms with E-state index in [2.05, 4.69) is 12.2 Å². The number of hydrogen-bond acceptors (Lipinski definition) is 3. The standard InChI is InChI=1S/C12H24N2OS/c1-3-9(13)7-12(15)14-10-5-6-11(8-10)16-4-2/h9-11H,3-8,13H2,1-2H3,(H,14,15). The maximum Gasteiger partial charge on any atom is 0.221 e. The van der Waals surface area contributed by atoms with E-state index in [0.717, 1.165) is 24.5 Å². The molecule has 0 aliphatic heterocycles. The Hall–Kier alpha value is -0.220. The molecule has 4 heteroatoms. The molecule has 1 saturated carbocycles. The van der Waals surface area contributed by atoms with Gasteiger partial charge in [-0.2, -0.15) is 11.8 Å². The van der Waals surface area contributed by atoms with Gasteiger partial charge in [-0.25, -0.2) is 0 Å². The molecule has 1 fully saturated rings. The second-order valence-corrected chi connectivity index (χ2v) is 6.10. The Bertz CT molecular complexity index is 223. The van der Waals surface area contributed by atoms with Crippen molar-refractivity contribution >= 4 is 17.7 Å². The molecule has 3 N–H and O–H groups in total. The van der Waals surface area contributed by atoms with Gasteiger partial charge in [-0.3, -0.25) is 4.79 Å². The van der Waals surface area contributed by atoms with Gasteiger partial charge >= 0.3 is 0 Å². The SMILES string of the molecule is CCSC1CCC(NC(=O)CC(N)CC)C1. The maximum atomic E-state index is 11.6. The zero-order valence-electron chi connectivity index (χ0n) is 10.4. The number of carbonyl (C=O) groups is 1. The Labute approximate surface area is 103 Å². The first-order valence-corrected chi connectivity index (χ1v) is 7.37. The highest BCUT2D eigenvalue weighted by Gasteiger charge is 2.25. The van der Waals surface area contributed by atoms with Crippen LogP contribution < -0.4 is 11.1 Å². The van der Waals surface area contributed by atoms with Crippen LogP contribution in [0.25, 0.3) is 0 Å². The molecule has 1 amide bonds. The fourth-order valence-corrected chi connectivity index (χ4v) is 3.27. The van der Waals surface area contributed by atoms with Crippen LogP contribution in [-0.4, -0.2) is 29.0 Å². The Morgan fingerprint density at radius 1 is 1.50 bits per heavy atom. The fraction of sp³-hybridized carbons (Fsp3) is 0.917. The molecule has 0 heterocycles. The number of amides is 1. The summed E-state index contributed by atoms with van der Waals surface area (Å²) in [5.74, 6) is 1.30. The first-order chi connectivity index (χ1) is 7.65. The maximum absolute atomic E-state index is 11.6. The Balaban J connectivity index is 2.20. The summed E-state index contributed by atoms with van der Waals surface area (Å²) >= 11 is 2.01. The first kappa shape index (κ1) is 13.8. The lowest BCUT2D eigenvalue weighted by Crippen LogP contribution is -2.37. The van der Waals surface area contributed by atoms with Gasteiger partial charge in [0.1, 0.15) is 0 Å². The van der Waals surface area contributed by atoms with Crippen molar-refractivity contribution in [3.63, 3.8) is 0 Å². The quantitative estimate of drug-likeness (QED) is 0.750. The molecule has 0 bridgehead atoms. The summed E-state index contributed by atoms with van der Waals surface area (Å²) in [6.07, 6.45) is 4.84. The van der Waals surface area contributed by atoms with Crippen LogP contribution in [0.4, 0.5) is 0 Å². The van der Waals surface area contributed by atoms with E-state index >= 15 is 0 Å². The van der Waals surface area contributed by atoms with Crippen molar-refractivity contribution in [2.75, 3.05) is 5.75 Å². The van der Waals surface area contributed by atoms with Crippen molar-refractivity contribution in [3.05, 3.63) is 0 Å². The highest BCUT2D eigenvalue weighted by molar-refractivity contribution is 7.99. The average molecular weight is 244 g/mol. The third kappa shape index (κ3) is 4.74. The van der Waals surface area contributed by atoms with E-state index in [1.165, 1.54) is 12.2 Å². The molecule has 0 saturated heterocycles. The van der Waals surface area contributed by atoms with Gasteiger partial charge in [0.2, 0.25) is 5.91 Å². The molecule has 94 valence electrons. The minimum absolute atomic E-state index is 0.0159. The summed E-state index contributed by atoms with van der Waals surface area (Å²) in [4.78, 5) is 11.6. The van der Waals surface area contributed by atoms with E-state index < -0.39 is 0 Å². The molecule has 0 radical (unpaired) electrons. The number of rotatable bonds is 6. The molecule has 0 aromatic heterocycles. The number of thioether (sulfide) groups is 1. The third-order valence-electron chi connectivity index (χ3n) is 3.12. The Kier molecular flexibility index (Phi) is 6.21. The molecule has 3 nitrogen and oxygen atoms in total. The lowest BCUT2D eigenvalue weighted by Gasteiger charge is -2.15. The van der Waals surface area contributed by atoms with E-state index in [9.17, 15) is 4.79 Å². The number of hydrogen-bond donors (Lipinski definition) is 2. The summed E-state index contributed by atoms with van der Waals surface area (Å²) in [7, 11) is 0. The summed E-state index contributed by atoms with van der Waals surface area (Å²) in [6.45, 7) is 4.21. The predicted octanol–water partition coefficient (Wildman–Crippen LogP) is 1.90. The minimum atomic E-state index is 0.0159. The molecular weight excluding hydrogens is 220 g/mol. The highest BCUT2D eigenvalue weighted by atomic mass is 32.2. The lowest BCUT2D eigenvalue weighted by atomic mass is 10.1. The van der Waals surface area contributed by atoms with Crippen LogP contribution in [0, 0.1) is 0 Å². The number of nitrogens with one attached hydrogen (secondary N) is 1. The number of nitrogens with two attached hydrogens (primary N) is 1. The second-order valence-electron chi connectivity index (χ2n) is 4.53. The van der Waals surface area contributed by atoms with E-state index in [1.54, 1.807) is 0 Å². The van der Waals surface area contributed by atoms with E-state index in [-0.39, 0.29) is 11.9 Å². The van der Waals surface area contributed by atoms with Crippen molar-refractivity contribution in [2.45, 2.75) is 63.3 Å². The van der Waals surface area contributed by atoms with Crippen molar-refractivity contribution < 1.29 is 4.79 Å². The van der Waals surface area contributed by atoms with Crippen LogP contribution in [-0.2, 0) is 4.79 Å². The molecular formula is C12H24N2OS. The van der Waals surface area contributed by atoms with Crippen LogP contribution >= 0.6 is 11.8 Å². The molecule has 3 atom stereocenters. The first-order valence-electron chi connectivity index (χ1n) is 6.32. The van der Waals surface area contributed by atoms with E-state index in [4.69, 9.17) is 5.73 Å². The predicted molar refractivity (Wildman–Crippen MR) is 70.6 cm³/mol. The zero-order chi connectivity index (χ0) is 12.0. The molecule has 0 aromatic carbocycles. The normalized spacial score (nSPS) is 26.7. The number of carbonyl (C=O) groups excluding carboxylic acids is 1. The van der Waals surface area contributed by atoms with Crippen molar-refractivity contribution in [3.8, 4) is 0 Å². The van der Waals surface area contributed by atoms with E-state index in [0.29, 0.717) is 12.5 Å². The average Bonchev–Trinajstić information content (AvgIpc) is 2.65. The van der Waals surface area contributed by atoms with Crippen molar-refractivity contribution in [1.82, 2.24) is 5.32 Å². The Morgan fingerprint density at radius 3 is 2.88 bits per heavy atom. The molecule has 1 aliphatic carbocycles. The van der Waals surface area contributed by atoms with Gasteiger partial charge in [-0.05, 0) is 31.4 Å². The summed E-state index contributed by atoms with van der Waals surface area (Å²) < 4.78 is 0. The van der Waals surface area contributed by atoms with Crippen molar-refractivity contribution in [2.24, 2.45) is 5.73 Å². The van der Waals surface area contributed by atoms with Crippen LogP contribution in [0.5, 0.6) is 0 Å². The van der Waals surface area contributed by atoms with Crippen LogP contribution in [0.1, 0.15) is 46.0 Å². The molecule has 1 aliphatic rings. The third-order valence-corrected chi connectivity index (χ3v) is 4.36. The summed E-state index contributed by atoms with van der Waals surface area (Å²) in [5.41, 5.74) is 5.76. The van der Waals surface area contributed by atoms with Gasteiger partial charge in [0, 0.05) is 23.8 Å². The van der Waals surface area contributed by atoms with Gasteiger partial charge in [-0.15, -0.1) is 0 Å². The van der Waals surface area contributed by atoms with Gasteiger partial charge in [0.15, 0.2) is 0 Å². The molecule has 0 aromatic rings. The molecule has 16 heavy (non-hydrogen) atoms. The summed E-state index contributed by atoms with van der Waals surface area (Å²) in [5, 5.41) is 3.85. The highest BCUT2D eigenvalue weighted by Crippen LogP contribution is 2.29. The fourth-order valence-electron chi connectivity index (χ4n) is 2.13. The van der Waals surface area contributed by atoms with Gasteiger partial charge in [0.05, 0.1) is 0 Å². The Morgan fingerprint density at radius 2 is 2.25 bits per heavy atom. The van der Waals surface area contributed by atoms with Gasteiger partial charge < -0.3 is 11.1 Å². The van der Waals surface area contributed by atoms with Crippen LogP contribution in [0.2, 0.25) is 0 Å². The molecule has 1 rings (SSSR count). The zero-order valence-corrected chi connectivity index (χ0v) is 11.2. The smallest absolute Gasteiger partial charge is 0.221 e. The largest absolute Gasteiger partial charge is 0.353 e. The topological polar surface area (TPSA) is 55.1 Å². The molecule has 0 spiro atoms. The monoisotopic (exact) mass is 244 g/mol. The lowest BCUT2D eigenvalue weighted by molar-refractivity contribution is -0.122. The van der Waals surface area contributed by atoms with Gasteiger partial charge in [0.25, 0.3) is 0 Å². The minimum Gasteiger partial charge on any atom is -0.353 e. The molecule has 3 unspecified atom stereocenters. The van der Waals surface area contributed by atoms with Crippen LogP contribution in [0.15, 0.2) is 0 Å². The second kappa shape index (κ2) is 7.17.